The summed E-state index contributed by atoms with van der Waals surface area (Å²) >= 11 is 0. The Labute approximate surface area is 170 Å². The van der Waals surface area contributed by atoms with Gasteiger partial charge in [-0.1, -0.05) is 12.1 Å². The van der Waals surface area contributed by atoms with Gasteiger partial charge < -0.3 is 19.5 Å². The third-order valence-corrected chi connectivity index (χ3v) is 4.27. The molecular formula is C22H25NO6. The molecule has 1 N–H and O–H groups in total. The van der Waals surface area contributed by atoms with Crippen molar-refractivity contribution < 1.29 is 28.6 Å². The Morgan fingerprint density at radius 2 is 1.62 bits per heavy atom. The van der Waals surface area contributed by atoms with Crippen LogP contribution in [0.25, 0.3) is 0 Å². The number of carbonyl (C=O) groups excluding carboxylic acids is 3. The van der Waals surface area contributed by atoms with Crippen LogP contribution in [0.2, 0.25) is 0 Å². The van der Waals surface area contributed by atoms with Crippen molar-refractivity contribution in [3.8, 4) is 11.5 Å². The van der Waals surface area contributed by atoms with Crippen molar-refractivity contribution in [2.24, 2.45) is 0 Å². The van der Waals surface area contributed by atoms with E-state index in [1.165, 1.54) is 13.8 Å². The maximum atomic E-state index is 12.3. The normalized spacial score (nSPS) is 11.3. The summed E-state index contributed by atoms with van der Waals surface area (Å²) in [6, 6.07) is 12.0. The van der Waals surface area contributed by atoms with Gasteiger partial charge in [0.1, 0.15) is 11.5 Å². The Kier molecular flexibility index (Phi) is 7.77. The van der Waals surface area contributed by atoms with Crippen molar-refractivity contribution in [3.05, 3.63) is 53.6 Å². The fraction of sp³-hybridized carbons (Fsp3) is 0.318. The number of anilines is 1. The molecule has 154 valence electrons. The second-order valence-electron chi connectivity index (χ2n) is 6.44. The molecule has 29 heavy (non-hydrogen) atoms. The van der Waals surface area contributed by atoms with Crippen LogP contribution in [0, 0.1) is 0 Å². The van der Waals surface area contributed by atoms with Gasteiger partial charge >= 0.3 is 5.97 Å². The SMILES string of the molecule is COc1cc(CCC(=O)O[C@@H](C)C(=O)Nc2ccccc2C(C)=O)cc(OC)c1. The quantitative estimate of drug-likeness (QED) is 0.513. The van der Waals surface area contributed by atoms with E-state index in [-0.39, 0.29) is 12.2 Å². The molecule has 0 aliphatic carbocycles. The second-order valence-corrected chi connectivity index (χ2v) is 6.44. The van der Waals surface area contributed by atoms with Crippen LogP contribution in [0.3, 0.4) is 0 Å². The molecule has 0 fully saturated rings. The van der Waals surface area contributed by atoms with Gasteiger partial charge in [0.25, 0.3) is 5.91 Å². The average molecular weight is 399 g/mol. The zero-order valence-electron chi connectivity index (χ0n) is 17.0. The number of hydrogen-bond donors (Lipinski definition) is 1. The summed E-state index contributed by atoms with van der Waals surface area (Å²) in [4.78, 5) is 36.1. The summed E-state index contributed by atoms with van der Waals surface area (Å²) in [5.41, 5.74) is 1.63. The molecule has 1 amide bonds. The van der Waals surface area contributed by atoms with Gasteiger partial charge in [-0.25, -0.2) is 0 Å². The number of Topliss-reactive ketones (excluding diaryl/α,β-unsaturated/α-hetero) is 1. The maximum absolute atomic E-state index is 12.3. The summed E-state index contributed by atoms with van der Waals surface area (Å²) in [5.74, 6) is 0.0813. The van der Waals surface area contributed by atoms with Crippen molar-refractivity contribution in [2.45, 2.75) is 32.8 Å². The number of ether oxygens (including phenoxy) is 3. The number of esters is 1. The van der Waals surface area contributed by atoms with E-state index in [9.17, 15) is 14.4 Å². The molecule has 0 radical (unpaired) electrons. The Balaban J connectivity index is 1.92. The molecule has 0 spiro atoms. The lowest BCUT2D eigenvalue weighted by Crippen LogP contribution is -2.30. The summed E-state index contributed by atoms with van der Waals surface area (Å²) in [6.45, 7) is 2.90. The van der Waals surface area contributed by atoms with Gasteiger partial charge in [0, 0.05) is 18.1 Å². The molecule has 2 rings (SSSR count). The van der Waals surface area contributed by atoms with Crippen LogP contribution in [-0.2, 0) is 20.7 Å². The first-order valence-corrected chi connectivity index (χ1v) is 9.16. The highest BCUT2D eigenvalue weighted by molar-refractivity contribution is 6.04. The van der Waals surface area contributed by atoms with E-state index in [0.717, 1.165) is 5.56 Å². The van der Waals surface area contributed by atoms with E-state index < -0.39 is 18.0 Å². The van der Waals surface area contributed by atoms with Crippen LogP contribution in [0.15, 0.2) is 42.5 Å². The number of methoxy groups -OCH3 is 2. The molecule has 0 aliphatic heterocycles. The predicted molar refractivity (Wildman–Crippen MR) is 108 cm³/mol. The number of amides is 1. The number of ketones is 1. The number of carbonyl (C=O) groups is 3. The van der Waals surface area contributed by atoms with Crippen LogP contribution in [0.4, 0.5) is 5.69 Å². The smallest absolute Gasteiger partial charge is 0.306 e. The molecule has 2 aromatic rings. The standard InChI is InChI=1S/C22H25NO6/c1-14(24)19-7-5-6-8-20(19)23-22(26)15(2)29-21(25)10-9-16-11-17(27-3)13-18(12-16)28-4/h5-8,11-13,15H,9-10H2,1-4H3,(H,23,26)/t15-/m0/s1. The molecule has 0 unspecified atom stereocenters. The average Bonchev–Trinajstić information content (AvgIpc) is 2.72. The topological polar surface area (TPSA) is 90.9 Å². The van der Waals surface area contributed by atoms with Gasteiger partial charge in [0.05, 0.1) is 19.9 Å². The molecule has 7 heteroatoms. The Morgan fingerprint density at radius 1 is 1.00 bits per heavy atom. The van der Waals surface area contributed by atoms with E-state index in [2.05, 4.69) is 5.32 Å². The van der Waals surface area contributed by atoms with E-state index in [4.69, 9.17) is 14.2 Å². The van der Waals surface area contributed by atoms with Gasteiger partial charge in [-0.3, -0.25) is 14.4 Å². The third-order valence-electron chi connectivity index (χ3n) is 4.27. The van der Waals surface area contributed by atoms with Crippen LogP contribution >= 0.6 is 0 Å². The van der Waals surface area contributed by atoms with E-state index in [0.29, 0.717) is 29.2 Å². The summed E-state index contributed by atoms with van der Waals surface area (Å²) in [7, 11) is 3.11. The Morgan fingerprint density at radius 3 is 2.21 bits per heavy atom. The van der Waals surface area contributed by atoms with Gasteiger partial charge in [-0.05, 0) is 50.1 Å². The minimum Gasteiger partial charge on any atom is -0.497 e. The molecule has 0 saturated heterocycles. The zero-order chi connectivity index (χ0) is 21.4. The number of para-hydroxylation sites is 1. The first-order valence-electron chi connectivity index (χ1n) is 9.16. The molecule has 0 saturated carbocycles. The van der Waals surface area contributed by atoms with Crippen molar-refractivity contribution >= 4 is 23.3 Å². The van der Waals surface area contributed by atoms with Crippen molar-refractivity contribution in [1.29, 1.82) is 0 Å². The van der Waals surface area contributed by atoms with E-state index >= 15 is 0 Å². The maximum Gasteiger partial charge on any atom is 0.306 e. The fourth-order valence-electron chi connectivity index (χ4n) is 2.70. The highest BCUT2D eigenvalue weighted by Crippen LogP contribution is 2.23. The number of nitrogens with one attached hydrogen (secondary N) is 1. The minimum atomic E-state index is -0.998. The first-order chi connectivity index (χ1) is 13.8. The van der Waals surface area contributed by atoms with Gasteiger partial charge in [-0.2, -0.15) is 0 Å². The molecule has 0 aliphatic rings. The first kappa shape index (κ1) is 21.9. The molecular weight excluding hydrogens is 374 g/mol. The molecule has 0 aromatic heterocycles. The molecule has 2 aromatic carbocycles. The highest BCUT2D eigenvalue weighted by atomic mass is 16.5. The largest absolute Gasteiger partial charge is 0.497 e. The summed E-state index contributed by atoms with van der Waals surface area (Å²) < 4.78 is 15.6. The molecule has 1 atom stereocenters. The van der Waals surface area contributed by atoms with Gasteiger partial charge in [-0.15, -0.1) is 0 Å². The molecule has 7 nitrogen and oxygen atoms in total. The zero-order valence-corrected chi connectivity index (χ0v) is 17.0. The summed E-state index contributed by atoms with van der Waals surface area (Å²) in [5, 5.41) is 2.63. The van der Waals surface area contributed by atoms with Gasteiger partial charge in [0.15, 0.2) is 11.9 Å². The molecule has 0 heterocycles. The van der Waals surface area contributed by atoms with Crippen LogP contribution < -0.4 is 14.8 Å². The Hall–Kier alpha value is -3.35. The third kappa shape index (κ3) is 6.34. The lowest BCUT2D eigenvalue weighted by atomic mass is 10.1. The van der Waals surface area contributed by atoms with Crippen molar-refractivity contribution in [2.75, 3.05) is 19.5 Å². The fourth-order valence-corrected chi connectivity index (χ4v) is 2.70. The van der Waals surface area contributed by atoms with E-state index in [1.807, 2.05) is 12.1 Å². The highest BCUT2D eigenvalue weighted by Gasteiger charge is 2.19. The number of benzene rings is 2. The van der Waals surface area contributed by atoms with Gasteiger partial charge in [0.2, 0.25) is 0 Å². The Bertz CT molecular complexity index is 870. The predicted octanol–water partition coefficient (Wildman–Crippen LogP) is 3.41. The van der Waals surface area contributed by atoms with Crippen molar-refractivity contribution in [3.63, 3.8) is 0 Å². The monoisotopic (exact) mass is 399 g/mol. The van der Waals surface area contributed by atoms with Crippen molar-refractivity contribution in [1.82, 2.24) is 0 Å². The summed E-state index contributed by atoms with van der Waals surface area (Å²) in [6.07, 6.45) is -0.492. The second kappa shape index (κ2) is 10.3. The van der Waals surface area contributed by atoms with Crippen LogP contribution in [0.1, 0.15) is 36.2 Å². The number of rotatable bonds is 9. The lowest BCUT2D eigenvalue weighted by molar-refractivity contribution is -0.153. The lowest BCUT2D eigenvalue weighted by Gasteiger charge is -2.15. The van der Waals surface area contributed by atoms with Crippen LogP contribution in [-0.4, -0.2) is 38.0 Å². The van der Waals surface area contributed by atoms with Crippen LogP contribution in [0.5, 0.6) is 11.5 Å². The van der Waals surface area contributed by atoms with E-state index in [1.54, 1.807) is 44.6 Å². The number of aryl methyl sites for hydroxylation is 1. The molecule has 0 bridgehead atoms. The minimum absolute atomic E-state index is 0.0952. The number of hydrogen-bond acceptors (Lipinski definition) is 6.